The van der Waals surface area contributed by atoms with Crippen molar-refractivity contribution in [3.8, 4) is 0 Å². The van der Waals surface area contributed by atoms with Crippen LogP contribution in [0.1, 0.15) is 32.1 Å². The van der Waals surface area contributed by atoms with E-state index < -0.39 is 11.1 Å². The smallest absolute Gasteiger partial charge is 0.0431 e. The van der Waals surface area contributed by atoms with Crippen molar-refractivity contribution in [1.29, 1.82) is 0 Å². The SMILES string of the molecule is O=S([O-])CCCCCCCO. The van der Waals surface area contributed by atoms with E-state index in [0.29, 0.717) is 0 Å². The summed E-state index contributed by atoms with van der Waals surface area (Å²) in [5, 5.41) is 8.41. The lowest BCUT2D eigenvalue weighted by atomic mass is 10.2. The first-order valence-corrected chi connectivity index (χ1v) is 5.18. The minimum absolute atomic E-state index is 0.244. The van der Waals surface area contributed by atoms with Crippen LogP contribution >= 0.6 is 0 Å². The molecule has 0 radical (unpaired) electrons. The Labute approximate surface area is 70.1 Å². The van der Waals surface area contributed by atoms with E-state index in [1.165, 1.54) is 0 Å². The number of hydrogen-bond donors (Lipinski definition) is 1. The zero-order chi connectivity index (χ0) is 8.53. The molecule has 0 heterocycles. The maximum absolute atomic E-state index is 10.0. The number of rotatable bonds is 7. The summed E-state index contributed by atoms with van der Waals surface area (Å²) in [6.07, 6.45) is 4.57. The molecular formula is C7H15O3S-. The van der Waals surface area contributed by atoms with Crippen molar-refractivity contribution < 1.29 is 13.9 Å². The lowest BCUT2D eigenvalue weighted by Gasteiger charge is -2.03. The molecule has 68 valence electrons. The number of aliphatic hydroxyl groups excluding tert-OH is 1. The van der Waals surface area contributed by atoms with Crippen LogP contribution in [-0.4, -0.2) is 26.2 Å². The molecule has 0 saturated carbocycles. The third kappa shape index (κ3) is 10.1. The Hall–Kier alpha value is 0.0700. The second kappa shape index (κ2) is 8.17. The molecule has 0 spiro atoms. The molecule has 0 aliphatic heterocycles. The zero-order valence-corrected chi connectivity index (χ0v) is 7.44. The minimum Gasteiger partial charge on any atom is -0.772 e. The molecule has 3 nitrogen and oxygen atoms in total. The molecule has 4 heteroatoms. The molecule has 11 heavy (non-hydrogen) atoms. The molecule has 0 amide bonds. The second-order valence-corrected chi connectivity index (χ2v) is 3.51. The van der Waals surface area contributed by atoms with E-state index in [1.54, 1.807) is 0 Å². The third-order valence-corrected chi connectivity index (χ3v) is 2.09. The summed E-state index contributed by atoms with van der Waals surface area (Å²) in [5.74, 6) is 0.277. The molecule has 1 unspecified atom stereocenters. The largest absolute Gasteiger partial charge is 0.772 e. The van der Waals surface area contributed by atoms with Gasteiger partial charge in [0.25, 0.3) is 0 Å². The monoisotopic (exact) mass is 179 g/mol. The summed E-state index contributed by atoms with van der Waals surface area (Å²) >= 11 is -1.87. The van der Waals surface area contributed by atoms with Gasteiger partial charge in [-0.25, -0.2) is 0 Å². The number of unbranched alkanes of at least 4 members (excludes halogenated alkanes) is 4. The van der Waals surface area contributed by atoms with Gasteiger partial charge >= 0.3 is 0 Å². The van der Waals surface area contributed by atoms with Crippen LogP contribution in [-0.2, 0) is 11.1 Å². The van der Waals surface area contributed by atoms with E-state index in [4.69, 9.17) is 5.11 Å². The van der Waals surface area contributed by atoms with Crippen molar-refractivity contribution in [3.63, 3.8) is 0 Å². The Morgan fingerprint density at radius 3 is 2.18 bits per heavy atom. The average molecular weight is 179 g/mol. The van der Waals surface area contributed by atoms with Crippen LogP contribution in [0, 0.1) is 0 Å². The van der Waals surface area contributed by atoms with E-state index in [9.17, 15) is 8.76 Å². The van der Waals surface area contributed by atoms with Crippen LogP contribution in [0.3, 0.4) is 0 Å². The molecule has 0 fully saturated rings. The maximum atomic E-state index is 10.0. The van der Waals surface area contributed by atoms with Crippen molar-refractivity contribution in [3.05, 3.63) is 0 Å². The van der Waals surface area contributed by atoms with Crippen LogP contribution in [0.25, 0.3) is 0 Å². The molecule has 1 atom stereocenters. The zero-order valence-electron chi connectivity index (χ0n) is 6.62. The van der Waals surface area contributed by atoms with Gasteiger partial charge in [0.15, 0.2) is 0 Å². The highest BCUT2D eigenvalue weighted by Crippen LogP contribution is 2.02. The molecule has 0 saturated heterocycles. The van der Waals surface area contributed by atoms with Gasteiger partial charge in [-0.05, 0) is 12.8 Å². The summed E-state index contributed by atoms with van der Waals surface area (Å²) in [7, 11) is 0. The highest BCUT2D eigenvalue weighted by Gasteiger charge is 1.89. The third-order valence-electron chi connectivity index (χ3n) is 1.47. The van der Waals surface area contributed by atoms with Crippen LogP contribution in [0.4, 0.5) is 0 Å². The summed E-state index contributed by atoms with van der Waals surface area (Å²) < 4.78 is 20.1. The Kier molecular flexibility index (Phi) is 8.22. The molecule has 0 aromatic rings. The molecule has 1 N–H and O–H groups in total. The van der Waals surface area contributed by atoms with Gasteiger partial charge in [-0.3, -0.25) is 4.21 Å². The fraction of sp³-hybridized carbons (Fsp3) is 1.00. The molecule has 0 aliphatic rings. The molecule has 0 aromatic heterocycles. The average Bonchev–Trinajstić information content (AvgIpc) is 1.96. The van der Waals surface area contributed by atoms with Gasteiger partial charge in [0, 0.05) is 12.4 Å². The number of aliphatic hydroxyl groups is 1. The van der Waals surface area contributed by atoms with Gasteiger partial charge in [-0.1, -0.05) is 30.3 Å². The highest BCUT2D eigenvalue weighted by molar-refractivity contribution is 7.79. The quantitative estimate of drug-likeness (QED) is 0.464. The summed E-state index contributed by atoms with van der Waals surface area (Å²) in [6, 6.07) is 0. The van der Waals surface area contributed by atoms with Crippen molar-refractivity contribution in [2.24, 2.45) is 0 Å². The van der Waals surface area contributed by atoms with Crippen molar-refractivity contribution in [2.75, 3.05) is 12.4 Å². The maximum Gasteiger partial charge on any atom is 0.0431 e. The lowest BCUT2D eigenvalue weighted by molar-refractivity contribution is 0.282. The van der Waals surface area contributed by atoms with E-state index >= 15 is 0 Å². The normalized spacial score (nSPS) is 13.3. The first-order chi connectivity index (χ1) is 5.27. The van der Waals surface area contributed by atoms with Crippen molar-refractivity contribution >= 4 is 11.1 Å². The predicted molar refractivity (Wildman–Crippen MR) is 44.0 cm³/mol. The second-order valence-electron chi connectivity index (χ2n) is 2.50. The van der Waals surface area contributed by atoms with Gasteiger partial charge in [0.1, 0.15) is 0 Å². The van der Waals surface area contributed by atoms with Crippen LogP contribution in [0.15, 0.2) is 0 Å². The fourth-order valence-electron chi connectivity index (χ4n) is 0.862. The molecule has 0 bridgehead atoms. The summed E-state index contributed by atoms with van der Waals surface area (Å²) in [4.78, 5) is 0. The summed E-state index contributed by atoms with van der Waals surface area (Å²) in [5.41, 5.74) is 0. The van der Waals surface area contributed by atoms with Crippen LogP contribution in [0.2, 0.25) is 0 Å². The van der Waals surface area contributed by atoms with E-state index in [1.807, 2.05) is 0 Å². The Bertz CT molecular complexity index is 106. The molecule has 0 rings (SSSR count). The lowest BCUT2D eigenvalue weighted by Crippen LogP contribution is -1.94. The van der Waals surface area contributed by atoms with Crippen LogP contribution in [0.5, 0.6) is 0 Å². The first kappa shape index (κ1) is 11.1. The van der Waals surface area contributed by atoms with E-state index in [0.717, 1.165) is 32.1 Å². The van der Waals surface area contributed by atoms with Crippen LogP contribution < -0.4 is 0 Å². The Balaban J connectivity index is 2.85. The molecule has 0 aromatic carbocycles. The molecule has 0 aliphatic carbocycles. The first-order valence-electron chi connectivity index (χ1n) is 3.94. The van der Waals surface area contributed by atoms with Gasteiger partial charge in [0.05, 0.1) is 0 Å². The van der Waals surface area contributed by atoms with Gasteiger partial charge in [-0.2, -0.15) is 0 Å². The van der Waals surface area contributed by atoms with Gasteiger partial charge < -0.3 is 9.66 Å². The van der Waals surface area contributed by atoms with Crippen molar-refractivity contribution in [1.82, 2.24) is 0 Å². The summed E-state index contributed by atoms with van der Waals surface area (Å²) in [6.45, 7) is 0.244. The standard InChI is InChI=1S/C7H16O3S/c8-6-4-2-1-3-5-7-11(9)10/h8H,1-7H2,(H,9,10)/p-1. The van der Waals surface area contributed by atoms with E-state index in [2.05, 4.69) is 0 Å². The minimum atomic E-state index is -1.87. The van der Waals surface area contributed by atoms with E-state index in [-0.39, 0.29) is 12.4 Å². The van der Waals surface area contributed by atoms with Crippen molar-refractivity contribution in [2.45, 2.75) is 32.1 Å². The topological polar surface area (TPSA) is 60.4 Å². The Morgan fingerprint density at radius 2 is 1.64 bits per heavy atom. The number of hydrogen-bond acceptors (Lipinski definition) is 3. The van der Waals surface area contributed by atoms with Gasteiger partial charge in [-0.15, -0.1) is 0 Å². The predicted octanol–water partition coefficient (Wildman–Crippen LogP) is 0.808. The Morgan fingerprint density at radius 1 is 1.09 bits per heavy atom. The fourth-order valence-corrected chi connectivity index (χ4v) is 1.30. The molecular weight excluding hydrogens is 164 g/mol. The van der Waals surface area contributed by atoms with Gasteiger partial charge in [0.2, 0.25) is 0 Å². The highest BCUT2D eigenvalue weighted by atomic mass is 32.2.